The highest BCUT2D eigenvalue weighted by atomic mass is 16.2. The Morgan fingerprint density at radius 2 is 1.95 bits per heavy atom. The van der Waals surface area contributed by atoms with Gasteiger partial charge in [-0.25, -0.2) is 10.1 Å². The summed E-state index contributed by atoms with van der Waals surface area (Å²) in [6.45, 7) is 3.73. The molecule has 0 atom stereocenters. The monoisotopic (exact) mass is 285 g/mol. The molecule has 7 nitrogen and oxygen atoms in total. The van der Waals surface area contributed by atoms with Crippen molar-refractivity contribution >= 4 is 18.0 Å². The van der Waals surface area contributed by atoms with Gasteiger partial charge in [0.1, 0.15) is 0 Å². The van der Waals surface area contributed by atoms with Gasteiger partial charge in [-0.05, 0) is 26.0 Å². The predicted molar refractivity (Wildman–Crippen MR) is 78.0 cm³/mol. The van der Waals surface area contributed by atoms with Gasteiger partial charge < -0.3 is 5.73 Å². The number of para-hydroxylation sites is 1. The molecule has 0 spiro atoms. The number of hydrogen-bond donors (Lipinski definition) is 2. The molecule has 0 aliphatic rings. The third-order valence-electron chi connectivity index (χ3n) is 2.93. The summed E-state index contributed by atoms with van der Waals surface area (Å²) in [6.07, 6.45) is 1.44. The van der Waals surface area contributed by atoms with E-state index in [0.29, 0.717) is 0 Å². The average Bonchev–Trinajstić information content (AvgIpc) is 2.75. The maximum atomic E-state index is 11.0. The summed E-state index contributed by atoms with van der Waals surface area (Å²) in [5.74, 6) is -2.04. The van der Waals surface area contributed by atoms with E-state index in [1.165, 1.54) is 6.21 Å². The minimum absolute atomic E-state index is 0.758. The number of hydrazone groups is 1. The minimum atomic E-state index is -1.08. The number of nitrogens with two attached hydrogens (primary N) is 1. The van der Waals surface area contributed by atoms with E-state index >= 15 is 0 Å². The molecule has 7 heteroatoms. The van der Waals surface area contributed by atoms with Crippen molar-refractivity contribution < 1.29 is 9.59 Å². The lowest BCUT2D eigenvalue weighted by Crippen LogP contribution is -2.32. The number of rotatable bonds is 3. The number of primary amides is 1. The van der Waals surface area contributed by atoms with Crippen LogP contribution in [-0.4, -0.2) is 27.8 Å². The highest BCUT2D eigenvalue weighted by Crippen LogP contribution is 2.15. The average molecular weight is 285 g/mol. The van der Waals surface area contributed by atoms with E-state index in [-0.39, 0.29) is 0 Å². The number of carbonyl (C=O) groups is 2. The van der Waals surface area contributed by atoms with Crippen molar-refractivity contribution in [2.24, 2.45) is 10.8 Å². The van der Waals surface area contributed by atoms with Gasteiger partial charge in [-0.15, -0.1) is 0 Å². The second kappa shape index (κ2) is 6.00. The molecule has 1 heterocycles. The molecule has 108 valence electrons. The quantitative estimate of drug-likeness (QED) is 0.485. The number of carbonyl (C=O) groups excluding carboxylic acids is 2. The summed E-state index contributed by atoms with van der Waals surface area (Å²) in [5, 5.41) is 8.15. The van der Waals surface area contributed by atoms with Crippen LogP contribution < -0.4 is 11.2 Å². The zero-order valence-corrected chi connectivity index (χ0v) is 11.7. The zero-order chi connectivity index (χ0) is 15.4. The Labute approximate surface area is 121 Å². The van der Waals surface area contributed by atoms with Crippen LogP contribution in [0.5, 0.6) is 0 Å². The molecule has 1 aromatic carbocycles. The molecule has 0 bridgehead atoms. The molecule has 0 unspecified atom stereocenters. The van der Waals surface area contributed by atoms with E-state index in [9.17, 15) is 9.59 Å². The number of hydrogen-bond acceptors (Lipinski definition) is 4. The van der Waals surface area contributed by atoms with Gasteiger partial charge in [0.15, 0.2) is 0 Å². The third-order valence-corrected chi connectivity index (χ3v) is 2.93. The van der Waals surface area contributed by atoms with E-state index in [2.05, 4.69) is 15.6 Å². The Kier molecular flexibility index (Phi) is 4.13. The molecule has 0 saturated carbocycles. The van der Waals surface area contributed by atoms with Crippen molar-refractivity contribution in [1.29, 1.82) is 0 Å². The smallest absolute Gasteiger partial charge is 0.329 e. The molecule has 2 amide bonds. The van der Waals surface area contributed by atoms with Crippen LogP contribution in [0, 0.1) is 13.8 Å². The highest BCUT2D eigenvalue weighted by Gasteiger charge is 2.11. The van der Waals surface area contributed by atoms with Crippen molar-refractivity contribution in [3.05, 3.63) is 47.3 Å². The number of aromatic nitrogens is 2. The van der Waals surface area contributed by atoms with Gasteiger partial charge >= 0.3 is 11.8 Å². The number of nitrogens with one attached hydrogen (secondary N) is 1. The maximum absolute atomic E-state index is 11.0. The van der Waals surface area contributed by atoms with Gasteiger partial charge in [0.05, 0.1) is 23.3 Å². The van der Waals surface area contributed by atoms with Crippen molar-refractivity contribution in [2.75, 3.05) is 0 Å². The third kappa shape index (κ3) is 3.14. The molecule has 3 N–H and O–H groups in total. The van der Waals surface area contributed by atoms with Crippen molar-refractivity contribution in [1.82, 2.24) is 15.2 Å². The maximum Gasteiger partial charge on any atom is 0.329 e. The molecular weight excluding hydrogens is 270 g/mol. The molecule has 1 aromatic heterocycles. The van der Waals surface area contributed by atoms with E-state index in [0.717, 1.165) is 22.6 Å². The molecule has 0 radical (unpaired) electrons. The summed E-state index contributed by atoms with van der Waals surface area (Å²) < 4.78 is 1.78. The fraction of sp³-hybridized carbons (Fsp3) is 0.143. The lowest BCUT2D eigenvalue weighted by molar-refractivity contribution is -0.137. The van der Waals surface area contributed by atoms with Crippen LogP contribution in [0.15, 0.2) is 35.4 Å². The van der Waals surface area contributed by atoms with Crippen LogP contribution in [0.25, 0.3) is 5.69 Å². The van der Waals surface area contributed by atoms with Gasteiger partial charge in [-0.1, -0.05) is 18.2 Å². The molecular formula is C14H15N5O2. The minimum Gasteiger partial charge on any atom is -0.361 e. The standard InChI is InChI=1S/C14H15N5O2/c1-9-12(8-16-17-14(21)13(15)20)10(2)19(18-9)11-6-4-3-5-7-11/h3-8H,1-2H3,(H2,15,20)(H,17,21)/b16-8+. The van der Waals surface area contributed by atoms with E-state index in [1.54, 1.807) is 4.68 Å². The van der Waals surface area contributed by atoms with Gasteiger partial charge in [-0.2, -0.15) is 10.2 Å². The SMILES string of the molecule is Cc1nn(-c2ccccc2)c(C)c1/C=N/NC(=O)C(N)=O. The molecule has 0 saturated heterocycles. The first-order valence-electron chi connectivity index (χ1n) is 6.25. The topological polar surface area (TPSA) is 102 Å². The first kappa shape index (κ1) is 14.4. The van der Waals surface area contributed by atoms with Crippen LogP contribution in [0.3, 0.4) is 0 Å². The molecule has 2 rings (SSSR count). The van der Waals surface area contributed by atoms with Gasteiger partial charge in [0.25, 0.3) is 0 Å². The van der Waals surface area contributed by atoms with Crippen LogP contribution in [0.2, 0.25) is 0 Å². The summed E-state index contributed by atoms with van der Waals surface area (Å²) in [6, 6.07) is 9.65. The van der Waals surface area contributed by atoms with Gasteiger partial charge in [0.2, 0.25) is 0 Å². The summed E-state index contributed by atoms with van der Waals surface area (Å²) >= 11 is 0. The highest BCUT2D eigenvalue weighted by molar-refractivity contribution is 6.34. The Bertz CT molecular complexity index is 704. The lowest BCUT2D eigenvalue weighted by atomic mass is 10.2. The van der Waals surface area contributed by atoms with Crippen molar-refractivity contribution in [2.45, 2.75) is 13.8 Å². The molecule has 2 aromatic rings. The van der Waals surface area contributed by atoms with Crippen LogP contribution in [0.1, 0.15) is 17.0 Å². The second-order valence-corrected chi connectivity index (χ2v) is 4.40. The van der Waals surface area contributed by atoms with Crippen molar-refractivity contribution in [3.8, 4) is 5.69 Å². The van der Waals surface area contributed by atoms with Crippen molar-refractivity contribution in [3.63, 3.8) is 0 Å². The molecule has 0 fully saturated rings. The molecule has 0 aliphatic carbocycles. The Morgan fingerprint density at radius 1 is 1.29 bits per heavy atom. The Balaban J connectivity index is 2.26. The fourth-order valence-electron chi connectivity index (χ4n) is 1.87. The summed E-state index contributed by atoms with van der Waals surface area (Å²) in [4.78, 5) is 21.6. The lowest BCUT2D eigenvalue weighted by Gasteiger charge is -2.03. The second-order valence-electron chi connectivity index (χ2n) is 4.40. The number of nitrogens with zero attached hydrogens (tertiary/aromatic N) is 3. The van der Waals surface area contributed by atoms with Gasteiger partial charge in [-0.3, -0.25) is 9.59 Å². The number of amides is 2. The van der Waals surface area contributed by atoms with E-state index < -0.39 is 11.8 Å². The predicted octanol–water partition coefficient (Wildman–Crippen LogP) is 0.425. The number of benzene rings is 1. The fourth-order valence-corrected chi connectivity index (χ4v) is 1.87. The summed E-state index contributed by atoms with van der Waals surface area (Å²) in [7, 11) is 0. The van der Waals surface area contributed by atoms with Crippen LogP contribution in [-0.2, 0) is 9.59 Å². The summed E-state index contributed by atoms with van der Waals surface area (Å²) in [5.41, 5.74) is 10.2. The Hall–Kier alpha value is -2.96. The van der Waals surface area contributed by atoms with E-state index in [4.69, 9.17) is 5.73 Å². The largest absolute Gasteiger partial charge is 0.361 e. The molecule has 21 heavy (non-hydrogen) atoms. The molecule has 0 aliphatic heterocycles. The first-order valence-corrected chi connectivity index (χ1v) is 6.25. The van der Waals surface area contributed by atoms with Gasteiger partial charge in [0, 0.05) is 5.56 Å². The normalized spacial score (nSPS) is 10.8. The zero-order valence-electron chi connectivity index (χ0n) is 11.7. The van der Waals surface area contributed by atoms with E-state index in [1.807, 2.05) is 44.2 Å². The number of aryl methyl sites for hydroxylation is 1. The van der Waals surface area contributed by atoms with Crippen LogP contribution >= 0.6 is 0 Å². The Morgan fingerprint density at radius 3 is 2.57 bits per heavy atom. The first-order chi connectivity index (χ1) is 10.0. The van der Waals surface area contributed by atoms with Crippen LogP contribution in [0.4, 0.5) is 0 Å².